The highest BCUT2D eigenvalue weighted by molar-refractivity contribution is 9.10. The zero-order valence-corrected chi connectivity index (χ0v) is 17.2. The summed E-state index contributed by atoms with van der Waals surface area (Å²) in [6.45, 7) is 2.48. The zero-order valence-electron chi connectivity index (χ0n) is 14.8. The van der Waals surface area contributed by atoms with E-state index in [0.29, 0.717) is 16.8 Å². The number of nitro benzene ring substituents is 1. The van der Waals surface area contributed by atoms with Crippen molar-refractivity contribution in [1.82, 2.24) is 5.32 Å². The molecule has 7 nitrogen and oxygen atoms in total. The fourth-order valence-corrected chi connectivity index (χ4v) is 2.74. The number of nitrogens with one attached hydrogen (secondary N) is 2. The van der Waals surface area contributed by atoms with Crippen molar-refractivity contribution in [2.24, 2.45) is 0 Å². The molecular formula is C18H17BrFN3O4S. The van der Waals surface area contributed by atoms with Crippen molar-refractivity contribution in [2.45, 2.75) is 19.8 Å². The number of ether oxygens (including phenoxy) is 1. The second kappa shape index (κ2) is 10.1. The van der Waals surface area contributed by atoms with Crippen LogP contribution in [0.15, 0.2) is 40.9 Å². The standard InChI is InChI=1S/C18H17BrFN3O4S/c1-2-3-8-27-16-7-4-11(19)9-13(16)17(24)22-18(28)21-15-10-12(23(25)26)5-6-14(15)20/h4-7,9-10H,2-3,8H2,1H3,(H2,21,22,24,28). The topological polar surface area (TPSA) is 93.5 Å². The monoisotopic (exact) mass is 469 g/mol. The lowest BCUT2D eigenvalue weighted by Gasteiger charge is -2.13. The highest BCUT2D eigenvalue weighted by Gasteiger charge is 2.17. The number of amides is 1. The number of carbonyl (C=O) groups excluding carboxylic acids is 1. The Balaban J connectivity index is 2.12. The van der Waals surface area contributed by atoms with Crippen LogP contribution >= 0.6 is 28.1 Å². The Morgan fingerprint density at radius 3 is 2.75 bits per heavy atom. The highest BCUT2D eigenvalue weighted by atomic mass is 79.9. The van der Waals surface area contributed by atoms with Gasteiger partial charge in [-0.1, -0.05) is 29.3 Å². The molecule has 1 amide bonds. The van der Waals surface area contributed by atoms with E-state index in [1.54, 1.807) is 18.2 Å². The molecule has 0 atom stereocenters. The van der Waals surface area contributed by atoms with Gasteiger partial charge in [-0.3, -0.25) is 20.2 Å². The van der Waals surface area contributed by atoms with Gasteiger partial charge in [0.15, 0.2) is 5.11 Å². The number of non-ortho nitro benzene ring substituents is 1. The third kappa shape index (κ3) is 5.96. The van der Waals surface area contributed by atoms with Crippen LogP contribution in [0.1, 0.15) is 30.1 Å². The first-order chi connectivity index (χ1) is 13.3. The molecule has 2 aromatic rings. The predicted molar refractivity (Wildman–Crippen MR) is 111 cm³/mol. The summed E-state index contributed by atoms with van der Waals surface area (Å²) in [5, 5.41) is 15.5. The van der Waals surface area contributed by atoms with Gasteiger partial charge in [0.05, 0.1) is 22.8 Å². The van der Waals surface area contributed by atoms with Crippen molar-refractivity contribution in [1.29, 1.82) is 0 Å². The van der Waals surface area contributed by atoms with Gasteiger partial charge in [-0.2, -0.15) is 0 Å². The van der Waals surface area contributed by atoms with Gasteiger partial charge in [-0.15, -0.1) is 0 Å². The van der Waals surface area contributed by atoms with E-state index in [9.17, 15) is 19.3 Å². The predicted octanol–water partition coefficient (Wildman–Crippen LogP) is 4.80. The number of rotatable bonds is 7. The van der Waals surface area contributed by atoms with Gasteiger partial charge in [-0.25, -0.2) is 4.39 Å². The maximum Gasteiger partial charge on any atom is 0.271 e. The fraction of sp³-hybridized carbons (Fsp3) is 0.222. The average Bonchev–Trinajstić information content (AvgIpc) is 2.64. The van der Waals surface area contributed by atoms with E-state index in [1.165, 1.54) is 0 Å². The number of unbranched alkanes of at least 4 members (excludes halogenated alkanes) is 1. The van der Waals surface area contributed by atoms with Crippen LogP contribution in [0.25, 0.3) is 0 Å². The van der Waals surface area contributed by atoms with Crippen molar-refractivity contribution in [3.63, 3.8) is 0 Å². The van der Waals surface area contributed by atoms with Crippen molar-refractivity contribution < 1.29 is 18.8 Å². The molecule has 0 radical (unpaired) electrons. The molecule has 2 aromatic carbocycles. The molecule has 0 saturated carbocycles. The van der Waals surface area contributed by atoms with Crippen LogP contribution < -0.4 is 15.4 Å². The van der Waals surface area contributed by atoms with Gasteiger partial charge in [0.1, 0.15) is 11.6 Å². The number of carbonyl (C=O) groups is 1. The van der Waals surface area contributed by atoms with Crippen molar-refractivity contribution in [3.05, 3.63) is 62.4 Å². The summed E-state index contributed by atoms with van der Waals surface area (Å²) < 4.78 is 20.2. The van der Waals surface area contributed by atoms with E-state index in [-0.39, 0.29) is 22.1 Å². The van der Waals surface area contributed by atoms with E-state index in [1.807, 2.05) is 6.92 Å². The molecule has 2 N–H and O–H groups in total. The van der Waals surface area contributed by atoms with E-state index >= 15 is 0 Å². The number of thiocarbonyl (C=S) groups is 1. The molecule has 0 aromatic heterocycles. The summed E-state index contributed by atoms with van der Waals surface area (Å²) in [6, 6.07) is 7.94. The molecule has 0 aliphatic heterocycles. The van der Waals surface area contributed by atoms with Crippen LogP contribution in [0.5, 0.6) is 5.75 Å². The molecule has 0 bridgehead atoms. The Labute approximate surface area is 174 Å². The first-order valence-electron chi connectivity index (χ1n) is 8.30. The maximum atomic E-state index is 13.9. The van der Waals surface area contributed by atoms with Crippen LogP contribution in [-0.4, -0.2) is 22.5 Å². The van der Waals surface area contributed by atoms with Crippen LogP contribution in [0.3, 0.4) is 0 Å². The normalized spacial score (nSPS) is 10.2. The van der Waals surface area contributed by atoms with E-state index < -0.39 is 16.6 Å². The van der Waals surface area contributed by atoms with Gasteiger partial charge in [0, 0.05) is 16.6 Å². The van der Waals surface area contributed by atoms with Crippen LogP contribution in [0.2, 0.25) is 0 Å². The summed E-state index contributed by atoms with van der Waals surface area (Å²) in [7, 11) is 0. The highest BCUT2D eigenvalue weighted by Crippen LogP contribution is 2.24. The Kier molecular flexibility index (Phi) is 7.82. The zero-order chi connectivity index (χ0) is 20.7. The number of anilines is 1. The number of hydrogen-bond donors (Lipinski definition) is 2. The molecule has 28 heavy (non-hydrogen) atoms. The van der Waals surface area contributed by atoms with Crippen LogP contribution in [0.4, 0.5) is 15.8 Å². The maximum absolute atomic E-state index is 13.9. The SMILES string of the molecule is CCCCOc1ccc(Br)cc1C(=O)NC(=S)Nc1cc([N+](=O)[O-])ccc1F. The summed E-state index contributed by atoms with van der Waals surface area (Å²) in [5.74, 6) is -0.914. The molecule has 0 unspecified atom stereocenters. The molecule has 0 spiro atoms. The number of benzene rings is 2. The average molecular weight is 470 g/mol. The molecule has 148 valence electrons. The van der Waals surface area contributed by atoms with Gasteiger partial charge < -0.3 is 10.1 Å². The Hall–Kier alpha value is -2.59. The first kappa shape index (κ1) is 21.7. The lowest BCUT2D eigenvalue weighted by atomic mass is 10.2. The first-order valence-corrected chi connectivity index (χ1v) is 9.50. The number of halogens is 2. The number of nitro groups is 1. The van der Waals surface area contributed by atoms with Gasteiger partial charge >= 0.3 is 0 Å². The molecular weight excluding hydrogens is 453 g/mol. The molecule has 0 heterocycles. The van der Waals surface area contributed by atoms with Crippen molar-refractivity contribution in [2.75, 3.05) is 11.9 Å². The quantitative estimate of drug-likeness (QED) is 0.261. The molecule has 0 saturated heterocycles. The fourth-order valence-electron chi connectivity index (χ4n) is 2.18. The number of nitrogens with zero attached hydrogens (tertiary/aromatic N) is 1. The van der Waals surface area contributed by atoms with Gasteiger partial charge in [-0.05, 0) is 42.9 Å². The minimum Gasteiger partial charge on any atom is -0.493 e. The van der Waals surface area contributed by atoms with Crippen molar-refractivity contribution in [3.8, 4) is 5.75 Å². The Bertz CT molecular complexity index is 910. The summed E-state index contributed by atoms with van der Waals surface area (Å²) in [6.07, 6.45) is 1.78. The third-order valence-electron chi connectivity index (χ3n) is 3.58. The van der Waals surface area contributed by atoms with Crippen LogP contribution in [-0.2, 0) is 0 Å². The molecule has 2 rings (SSSR count). The lowest BCUT2D eigenvalue weighted by Crippen LogP contribution is -2.34. The smallest absolute Gasteiger partial charge is 0.271 e. The van der Waals surface area contributed by atoms with Gasteiger partial charge in [0.2, 0.25) is 0 Å². The largest absolute Gasteiger partial charge is 0.493 e. The second-order valence-corrected chi connectivity index (χ2v) is 7.00. The molecule has 0 fully saturated rings. The molecule has 0 aliphatic rings. The van der Waals surface area contributed by atoms with Crippen LogP contribution in [0, 0.1) is 15.9 Å². The summed E-state index contributed by atoms with van der Waals surface area (Å²) in [5.41, 5.74) is -0.279. The lowest BCUT2D eigenvalue weighted by molar-refractivity contribution is -0.384. The minimum atomic E-state index is -0.742. The number of hydrogen-bond acceptors (Lipinski definition) is 5. The Morgan fingerprint density at radius 1 is 1.32 bits per heavy atom. The van der Waals surface area contributed by atoms with E-state index in [0.717, 1.165) is 31.0 Å². The van der Waals surface area contributed by atoms with E-state index in [2.05, 4.69) is 26.6 Å². The summed E-state index contributed by atoms with van der Waals surface area (Å²) >= 11 is 8.33. The molecule has 10 heteroatoms. The van der Waals surface area contributed by atoms with Gasteiger partial charge in [0.25, 0.3) is 11.6 Å². The second-order valence-electron chi connectivity index (χ2n) is 5.67. The molecule has 0 aliphatic carbocycles. The minimum absolute atomic E-state index is 0.205. The van der Waals surface area contributed by atoms with E-state index in [4.69, 9.17) is 17.0 Å². The third-order valence-corrected chi connectivity index (χ3v) is 4.28. The summed E-state index contributed by atoms with van der Waals surface area (Å²) in [4.78, 5) is 22.7. The Morgan fingerprint density at radius 2 is 2.07 bits per heavy atom. The van der Waals surface area contributed by atoms with Crippen molar-refractivity contribution >= 4 is 50.5 Å².